The number of imide groups is 1. The summed E-state index contributed by atoms with van der Waals surface area (Å²) in [5, 5.41) is 12.2. The molecule has 1 aromatic heterocycles. The van der Waals surface area contributed by atoms with Gasteiger partial charge in [0.1, 0.15) is 5.54 Å². The highest BCUT2D eigenvalue weighted by molar-refractivity contribution is 6.07. The molecule has 32 heavy (non-hydrogen) atoms. The molecule has 2 heterocycles. The van der Waals surface area contributed by atoms with Gasteiger partial charge in [-0.05, 0) is 49.6 Å². The van der Waals surface area contributed by atoms with Crippen LogP contribution in [0.2, 0.25) is 0 Å². The highest BCUT2D eigenvalue weighted by Gasteiger charge is 2.52. The lowest BCUT2D eigenvalue weighted by Gasteiger charge is -2.19. The zero-order chi connectivity index (χ0) is 22.6. The number of hydrogen-bond acceptors (Lipinski definition) is 5. The van der Waals surface area contributed by atoms with E-state index in [4.69, 9.17) is 0 Å². The van der Waals surface area contributed by atoms with Crippen molar-refractivity contribution >= 4 is 29.4 Å². The summed E-state index contributed by atoms with van der Waals surface area (Å²) in [6.45, 7) is 0.0284. The van der Waals surface area contributed by atoms with Gasteiger partial charge < -0.3 is 16.0 Å². The number of hydrogen-bond donors (Lipinski definition) is 3. The van der Waals surface area contributed by atoms with E-state index in [0.29, 0.717) is 24.9 Å². The smallest absolute Gasteiger partial charge is 0.325 e. The van der Waals surface area contributed by atoms with Crippen LogP contribution < -0.4 is 16.0 Å². The number of aromatic nitrogens is 2. The molecule has 1 aliphatic heterocycles. The predicted molar refractivity (Wildman–Crippen MR) is 116 cm³/mol. The number of benzene rings is 1. The van der Waals surface area contributed by atoms with Gasteiger partial charge in [0, 0.05) is 31.0 Å². The standard InChI is InChI=1S/C22H26N6O4/c29-18(5-3-13-27-20(31)22(26-21(27)32)10-1-2-11-22)23-15-19(30)25-16-6-8-17(9-7-16)28-14-4-12-24-28/h4,6-9,12,14H,1-3,5,10-11,13,15H2,(H,23,29)(H,25,30)(H,26,32). The number of nitrogens with zero attached hydrogens (tertiary/aromatic N) is 3. The minimum Gasteiger partial charge on any atom is -0.347 e. The maximum Gasteiger partial charge on any atom is 0.325 e. The molecule has 2 aromatic rings. The molecule has 1 aliphatic carbocycles. The highest BCUT2D eigenvalue weighted by atomic mass is 16.2. The van der Waals surface area contributed by atoms with E-state index in [1.54, 1.807) is 23.0 Å². The van der Waals surface area contributed by atoms with Gasteiger partial charge in [-0.15, -0.1) is 0 Å². The lowest BCUT2D eigenvalue weighted by Crippen LogP contribution is -2.44. The van der Waals surface area contributed by atoms with Crippen LogP contribution in [0, 0.1) is 0 Å². The number of carbonyl (C=O) groups is 4. The minimum atomic E-state index is -0.728. The van der Waals surface area contributed by atoms with Crippen LogP contribution in [0.3, 0.4) is 0 Å². The first-order chi connectivity index (χ1) is 15.5. The van der Waals surface area contributed by atoms with Crippen LogP contribution in [0.15, 0.2) is 42.7 Å². The van der Waals surface area contributed by atoms with E-state index in [2.05, 4.69) is 21.0 Å². The molecule has 5 amide bonds. The van der Waals surface area contributed by atoms with Gasteiger partial charge in [0.15, 0.2) is 0 Å². The number of rotatable bonds is 8. The van der Waals surface area contributed by atoms with E-state index < -0.39 is 5.54 Å². The van der Waals surface area contributed by atoms with Crippen LogP contribution in [0.4, 0.5) is 10.5 Å². The van der Waals surface area contributed by atoms with E-state index in [-0.39, 0.29) is 43.3 Å². The Morgan fingerprint density at radius 2 is 1.84 bits per heavy atom. The summed E-state index contributed by atoms with van der Waals surface area (Å²) in [5.41, 5.74) is 0.749. The van der Waals surface area contributed by atoms with Crippen molar-refractivity contribution in [1.82, 2.24) is 25.3 Å². The van der Waals surface area contributed by atoms with Gasteiger partial charge in [0.05, 0.1) is 12.2 Å². The molecule has 0 radical (unpaired) electrons. The third-order valence-corrected chi connectivity index (χ3v) is 5.85. The molecule has 10 heteroatoms. The molecule has 1 saturated carbocycles. The molecule has 0 bridgehead atoms. The monoisotopic (exact) mass is 438 g/mol. The molecule has 1 spiro atoms. The minimum absolute atomic E-state index is 0.121. The van der Waals surface area contributed by atoms with Crippen molar-refractivity contribution < 1.29 is 19.2 Å². The Labute approximate surface area is 185 Å². The average Bonchev–Trinajstić information content (AvgIpc) is 3.52. The zero-order valence-electron chi connectivity index (χ0n) is 17.7. The second-order valence-corrected chi connectivity index (χ2v) is 8.10. The second-order valence-electron chi connectivity index (χ2n) is 8.10. The summed E-state index contributed by atoms with van der Waals surface area (Å²) in [4.78, 5) is 50.1. The fourth-order valence-electron chi connectivity index (χ4n) is 4.19. The summed E-state index contributed by atoms with van der Waals surface area (Å²) in [5.74, 6) is -0.836. The summed E-state index contributed by atoms with van der Waals surface area (Å²) >= 11 is 0. The van der Waals surface area contributed by atoms with E-state index in [0.717, 1.165) is 18.5 Å². The Balaban J connectivity index is 1.16. The normalized spacial score (nSPS) is 16.9. The first-order valence-corrected chi connectivity index (χ1v) is 10.8. The van der Waals surface area contributed by atoms with Crippen molar-refractivity contribution in [3.8, 4) is 5.69 Å². The molecule has 2 aliphatic rings. The predicted octanol–water partition coefficient (Wildman–Crippen LogP) is 1.57. The van der Waals surface area contributed by atoms with Crippen molar-refractivity contribution in [2.75, 3.05) is 18.4 Å². The van der Waals surface area contributed by atoms with Crippen molar-refractivity contribution in [3.05, 3.63) is 42.7 Å². The van der Waals surface area contributed by atoms with Gasteiger partial charge in [0.25, 0.3) is 5.91 Å². The van der Waals surface area contributed by atoms with Crippen LogP contribution in [0.25, 0.3) is 5.69 Å². The van der Waals surface area contributed by atoms with Crippen LogP contribution in [-0.4, -0.2) is 57.1 Å². The number of amides is 5. The van der Waals surface area contributed by atoms with Gasteiger partial charge >= 0.3 is 6.03 Å². The summed E-state index contributed by atoms with van der Waals surface area (Å²) in [7, 11) is 0. The van der Waals surface area contributed by atoms with E-state index >= 15 is 0 Å². The molecule has 10 nitrogen and oxygen atoms in total. The van der Waals surface area contributed by atoms with Gasteiger partial charge in [-0.1, -0.05) is 12.8 Å². The van der Waals surface area contributed by atoms with Gasteiger partial charge in [-0.3, -0.25) is 19.3 Å². The molecule has 1 saturated heterocycles. The first-order valence-electron chi connectivity index (χ1n) is 10.8. The van der Waals surface area contributed by atoms with Crippen molar-refractivity contribution in [1.29, 1.82) is 0 Å². The molecule has 3 N–H and O–H groups in total. The maximum absolute atomic E-state index is 12.6. The summed E-state index contributed by atoms with van der Waals surface area (Å²) in [6.07, 6.45) is 7.18. The average molecular weight is 438 g/mol. The number of anilines is 1. The lowest BCUT2D eigenvalue weighted by atomic mass is 9.98. The summed E-state index contributed by atoms with van der Waals surface area (Å²) in [6, 6.07) is 8.61. The first kappa shape index (κ1) is 21.5. The number of carbonyl (C=O) groups excluding carboxylic acids is 4. The fourth-order valence-corrected chi connectivity index (χ4v) is 4.19. The van der Waals surface area contributed by atoms with E-state index in [1.165, 1.54) is 4.90 Å². The molecular formula is C22H26N6O4. The Morgan fingerprint density at radius 1 is 1.09 bits per heavy atom. The van der Waals surface area contributed by atoms with Gasteiger partial charge in [0.2, 0.25) is 11.8 Å². The molecular weight excluding hydrogens is 412 g/mol. The van der Waals surface area contributed by atoms with Crippen molar-refractivity contribution in [3.63, 3.8) is 0 Å². The molecule has 2 fully saturated rings. The van der Waals surface area contributed by atoms with Gasteiger partial charge in [-0.25, -0.2) is 9.48 Å². The molecule has 0 atom stereocenters. The third-order valence-electron chi connectivity index (χ3n) is 5.85. The molecule has 4 rings (SSSR count). The Hall–Kier alpha value is -3.69. The molecule has 1 aromatic carbocycles. The van der Waals surface area contributed by atoms with E-state index in [9.17, 15) is 19.2 Å². The topological polar surface area (TPSA) is 125 Å². The van der Waals surface area contributed by atoms with Crippen LogP contribution in [0.1, 0.15) is 38.5 Å². The Kier molecular flexibility index (Phi) is 6.20. The third kappa shape index (κ3) is 4.63. The van der Waals surface area contributed by atoms with Crippen molar-refractivity contribution in [2.45, 2.75) is 44.1 Å². The molecule has 168 valence electrons. The van der Waals surface area contributed by atoms with Crippen molar-refractivity contribution in [2.24, 2.45) is 0 Å². The van der Waals surface area contributed by atoms with E-state index in [1.807, 2.05) is 24.4 Å². The second kappa shape index (κ2) is 9.21. The quantitative estimate of drug-likeness (QED) is 0.540. The van der Waals surface area contributed by atoms with Crippen LogP contribution in [0.5, 0.6) is 0 Å². The van der Waals surface area contributed by atoms with Crippen LogP contribution >= 0.6 is 0 Å². The number of urea groups is 1. The van der Waals surface area contributed by atoms with Gasteiger partial charge in [-0.2, -0.15) is 5.10 Å². The highest BCUT2D eigenvalue weighted by Crippen LogP contribution is 2.35. The Morgan fingerprint density at radius 3 is 2.53 bits per heavy atom. The number of nitrogens with one attached hydrogen (secondary N) is 3. The SMILES string of the molecule is O=C(CCCN1C(=O)NC2(CCCC2)C1=O)NCC(=O)Nc1ccc(-n2cccn2)cc1. The molecule has 0 unspecified atom stereocenters. The maximum atomic E-state index is 12.6. The summed E-state index contributed by atoms with van der Waals surface area (Å²) < 4.78 is 1.71. The zero-order valence-corrected chi connectivity index (χ0v) is 17.7. The van der Waals surface area contributed by atoms with Crippen LogP contribution in [-0.2, 0) is 14.4 Å². The fraction of sp³-hybridized carbons (Fsp3) is 0.409. The Bertz CT molecular complexity index is 996. The lowest BCUT2D eigenvalue weighted by molar-refractivity contribution is -0.131. The largest absolute Gasteiger partial charge is 0.347 e.